The molecule has 0 radical (unpaired) electrons. The molecule has 0 saturated heterocycles. The van der Waals surface area contributed by atoms with Crippen LogP contribution in [-0.4, -0.2) is 30.1 Å². The van der Waals surface area contributed by atoms with Crippen LogP contribution >= 0.6 is 0 Å². The first-order chi connectivity index (χ1) is 10.3. The Hall–Kier alpha value is -2.61. The Bertz CT molecular complexity index is 591. The number of para-hydroxylation sites is 1. The maximum atomic E-state index is 8.92. The molecule has 2 aromatic rings. The van der Waals surface area contributed by atoms with Crippen LogP contribution in [0.15, 0.2) is 42.7 Å². The number of rotatable bonds is 7. The van der Waals surface area contributed by atoms with E-state index in [1.165, 1.54) is 11.9 Å². The summed E-state index contributed by atoms with van der Waals surface area (Å²) in [5, 5.41) is 12.1. The standard InChI is InChI=1S/C16H19N5/c1-21(14-7-3-2-4-8-14)12-6-5-9-19-16-15(13-17)18-10-11-20-16/h2-4,7-8,10-11H,5-6,9,12H2,1H3,(H,19,20). The van der Waals surface area contributed by atoms with Gasteiger partial charge in [0.05, 0.1) is 0 Å². The van der Waals surface area contributed by atoms with E-state index in [1.807, 2.05) is 24.3 Å². The van der Waals surface area contributed by atoms with E-state index in [0.29, 0.717) is 11.5 Å². The fraction of sp³-hybridized carbons (Fsp3) is 0.312. The molecular formula is C16H19N5. The van der Waals surface area contributed by atoms with Crippen LogP contribution in [0.3, 0.4) is 0 Å². The molecule has 0 aliphatic rings. The van der Waals surface area contributed by atoms with Crippen LogP contribution < -0.4 is 10.2 Å². The Kier molecular flexibility index (Phi) is 5.53. The molecule has 0 saturated carbocycles. The smallest absolute Gasteiger partial charge is 0.182 e. The van der Waals surface area contributed by atoms with Gasteiger partial charge in [-0.3, -0.25) is 0 Å². The van der Waals surface area contributed by atoms with E-state index in [9.17, 15) is 0 Å². The highest BCUT2D eigenvalue weighted by Crippen LogP contribution is 2.12. The molecule has 2 rings (SSSR count). The molecule has 0 fully saturated rings. The molecule has 108 valence electrons. The topological polar surface area (TPSA) is 64.8 Å². The number of nitriles is 1. The number of unbranched alkanes of at least 4 members (excludes halogenated alkanes) is 1. The maximum Gasteiger partial charge on any atom is 0.182 e. The minimum absolute atomic E-state index is 0.346. The lowest BCUT2D eigenvalue weighted by Gasteiger charge is -2.19. The van der Waals surface area contributed by atoms with Gasteiger partial charge in [0.15, 0.2) is 11.5 Å². The molecule has 1 heterocycles. The number of aromatic nitrogens is 2. The number of benzene rings is 1. The number of hydrogen-bond donors (Lipinski definition) is 1. The first-order valence-corrected chi connectivity index (χ1v) is 7.02. The zero-order chi connectivity index (χ0) is 14.9. The number of nitrogens with one attached hydrogen (secondary N) is 1. The average molecular weight is 281 g/mol. The van der Waals surface area contributed by atoms with E-state index < -0.39 is 0 Å². The monoisotopic (exact) mass is 281 g/mol. The molecule has 0 aliphatic heterocycles. The molecular weight excluding hydrogens is 262 g/mol. The SMILES string of the molecule is CN(CCCCNc1nccnc1C#N)c1ccccc1. The van der Waals surface area contributed by atoms with Gasteiger partial charge in [-0.05, 0) is 25.0 Å². The highest BCUT2D eigenvalue weighted by atomic mass is 15.1. The van der Waals surface area contributed by atoms with E-state index in [1.54, 1.807) is 6.20 Å². The van der Waals surface area contributed by atoms with Crippen LogP contribution in [0.2, 0.25) is 0 Å². The summed E-state index contributed by atoms with van der Waals surface area (Å²) in [6, 6.07) is 12.4. The van der Waals surface area contributed by atoms with Crippen molar-refractivity contribution in [3.05, 3.63) is 48.4 Å². The van der Waals surface area contributed by atoms with Crippen molar-refractivity contribution < 1.29 is 0 Å². The summed E-state index contributed by atoms with van der Waals surface area (Å²) in [5.41, 5.74) is 1.57. The van der Waals surface area contributed by atoms with Gasteiger partial charge in [-0.2, -0.15) is 5.26 Å². The van der Waals surface area contributed by atoms with E-state index in [2.05, 4.69) is 39.4 Å². The molecule has 0 bridgehead atoms. The molecule has 1 aromatic carbocycles. The minimum Gasteiger partial charge on any atom is -0.375 e. The lowest BCUT2D eigenvalue weighted by atomic mass is 10.2. The summed E-state index contributed by atoms with van der Waals surface area (Å²) in [6.07, 6.45) is 5.20. The minimum atomic E-state index is 0.346. The van der Waals surface area contributed by atoms with Crippen LogP contribution in [0.1, 0.15) is 18.5 Å². The van der Waals surface area contributed by atoms with Gasteiger partial charge in [0, 0.05) is 38.2 Å². The second kappa shape index (κ2) is 7.85. The second-order valence-electron chi connectivity index (χ2n) is 4.76. The van der Waals surface area contributed by atoms with Crippen LogP contribution in [0.25, 0.3) is 0 Å². The molecule has 0 amide bonds. The van der Waals surface area contributed by atoms with Crippen molar-refractivity contribution in [1.82, 2.24) is 9.97 Å². The molecule has 0 unspecified atom stereocenters. The zero-order valence-electron chi connectivity index (χ0n) is 12.2. The lowest BCUT2D eigenvalue weighted by molar-refractivity contribution is 0.741. The van der Waals surface area contributed by atoms with Crippen molar-refractivity contribution in [2.45, 2.75) is 12.8 Å². The Morgan fingerprint density at radius 3 is 2.67 bits per heavy atom. The lowest BCUT2D eigenvalue weighted by Crippen LogP contribution is -2.19. The van der Waals surface area contributed by atoms with Crippen LogP contribution in [0.4, 0.5) is 11.5 Å². The van der Waals surface area contributed by atoms with Gasteiger partial charge in [-0.15, -0.1) is 0 Å². The Labute approximate surface area is 125 Å². The first kappa shape index (κ1) is 14.8. The van der Waals surface area contributed by atoms with Gasteiger partial charge < -0.3 is 10.2 Å². The van der Waals surface area contributed by atoms with Crippen molar-refractivity contribution in [2.75, 3.05) is 30.4 Å². The molecule has 0 atom stereocenters. The van der Waals surface area contributed by atoms with Gasteiger partial charge in [-0.25, -0.2) is 9.97 Å². The summed E-state index contributed by atoms with van der Waals surface area (Å²) in [4.78, 5) is 10.3. The number of hydrogen-bond acceptors (Lipinski definition) is 5. The summed E-state index contributed by atoms with van der Waals surface area (Å²) >= 11 is 0. The fourth-order valence-corrected chi connectivity index (χ4v) is 2.04. The summed E-state index contributed by atoms with van der Waals surface area (Å²) in [6.45, 7) is 1.78. The van der Waals surface area contributed by atoms with Gasteiger partial charge in [0.1, 0.15) is 6.07 Å². The summed E-state index contributed by atoms with van der Waals surface area (Å²) in [7, 11) is 2.10. The van der Waals surface area contributed by atoms with Crippen LogP contribution in [-0.2, 0) is 0 Å². The van der Waals surface area contributed by atoms with E-state index in [-0.39, 0.29) is 0 Å². The molecule has 0 spiro atoms. The normalized spacial score (nSPS) is 9.90. The van der Waals surface area contributed by atoms with Crippen molar-refractivity contribution in [3.8, 4) is 6.07 Å². The highest BCUT2D eigenvalue weighted by molar-refractivity contribution is 5.46. The highest BCUT2D eigenvalue weighted by Gasteiger charge is 2.03. The third kappa shape index (κ3) is 4.46. The van der Waals surface area contributed by atoms with E-state index in [0.717, 1.165) is 25.9 Å². The molecule has 1 aromatic heterocycles. The van der Waals surface area contributed by atoms with Gasteiger partial charge in [0.2, 0.25) is 0 Å². The summed E-state index contributed by atoms with van der Waals surface area (Å²) in [5.74, 6) is 0.566. The van der Waals surface area contributed by atoms with Crippen molar-refractivity contribution in [1.29, 1.82) is 5.26 Å². The van der Waals surface area contributed by atoms with Gasteiger partial charge >= 0.3 is 0 Å². The fourth-order valence-electron chi connectivity index (χ4n) is 2.04. The molecule has 1 N–H and O–H groups in total. The third-order valence-corrected chi connectivity index (χ3v) is 3.21. The third-order valence-electron chi connectivity index (χ3n) is 3.21. The number of nitrogens with zero attached hydrogens (tertiary/aromatic N) is 4. The zero-order valence-corrected chi connectivity index (χ0v) is 12.2. The average Bonchev–Trinajstić information content (AvgIpc) is 2.55. The van der Waals surface area contributed by atoms with Crippen LogP contribution in [0, 0.1) is 11.3 Å². The van der Waals surface area contributed by atoms with Crippen molar-refractivity contribution in [2.24, 2.45) is 0 Å². The summed E-state index contributed by atoms with van der Waals surface area (Å²) < 4.78 is 0. The van der Waals surface area contributed by atoms with E-state index in [4.69, 9.17) is 5.26 Å². The Morgan fingerprint density at radius 2 is 1.90 bits per heavy atom. The maximum absolute atomic E-state index is 8.92. The molecule has 5 nitrogen and oxygen atoms in total. The van der Waals surface area contributed by atoms with Gasteiger partial charge in [0.25, 0.3) is 0 Å². The Balaban J connectivity index is 1.70. The Morgan fingerprint density at radius 1 is 1.14 bits per heavy atom. The van der Waals surface area contributed by atoms with Crippen molar-refractivity contribution >= 4 is 11.5 Å². The van der Waals surface area contributed by atoms with Crippen molar-refractivity contribution in [3.63, 3.8) is 0 Å². The second-order valence-corrected chi connectivity index (χ2v) is 4.76. The molecule has 21 heavy (non-hydrogen) atoms. The predicted octanol–water partition coefficient (Wildman–Crippen LogP) is 2.68. The van der Waals surface area contributed by atoms with Crippen LogP contribution in [0.5, 0.6) is 0 Å². The predicted molar refractivity (Wildman–Crippen MR) is 84.2 cm³/mol. The molecule has 5 heteroatoms. The van der Waals surface area contributed by atoms with E-state index >= 15 is 0 Å². The number of anilines is 2. The quantitative estimate of drug-likeness (QED) is 0.790. The molecule has 0 aliphatic carbocycles. The van der Waals surface area contributed by atoms with Gasteiger partial charge in [-0.1, -0.05) is 18.2 Å². The largest absolute Gasteiger partial charge is 0.375 e. The first-order valence-electron chi connectivity index (χ1n) is 7.02.